The standard InChI is InChI=1S/C12H14BrF2NO2S/c1-12(2)4-3-5-16(12)19(17,18)11-9(13)6-8(14)7-10(11)15/h6-7H,3-5H2,1-2H3. The Balaban J connectivity index is 2.58. The smallest absolute Gasteiger partial charge is 0.207 e. The van der Waals surface area contributed by atoms with Crippen molar-refractivity contribution < 1.29 is 17.2 Å². The molecule has 0 radical (unpaired) electrons. The van der Waals surface area contributed by atoms with Crippen LogP contribution in [0.2, 0.25) is 0 Å². The largest absolute Gasteiger partial charge is 0.247 e. The molecule has 1 aliphatic rings. The summed E-state index contributed by atoms with van der Waals surface area (Å²) in [5, 5.41) is 0. The molecule has 1 aromatic rings. The molecular formula is C12H14BrF2NO2S. The van der Waals surface area contributed by atoms with Crippen molar-refractivity contribution in [3.05, 3.63) is 28.2 Å². The van der Waals surface area contributed by atoms with Gasteiger partial charge < -0.3 is 0 Å². The molecule has 0 saturated carbocycles. The van der Waals surface area contributed by atoms with Gasteiger partial charge in [-0.25, -0.2) is 17.2 Å². The maximum Gasteiger partial charge on any atom is 0.247 e. The van der Waals surface area contributed by atoms with Gasteiger partial charge in [-0.3, -0.25) is 0 Å². The van der Waals surface area contributed by atoms with Crippen molar-refractivity contribution in [1.82, 2.24) is 4.31 Å². The van der Waals surface area contributed by atoms with Gasteiger partial charge in [0.25, 0.3) is 0 Å². The molecule has 7 heteroatoms. The molecule has 0 amide bonds. The van der Waals surface area contributed by atoms with Gasteiger partial charge in [-0.15, -0.1) is 0 Å². The third kappa shape index (κ3) is 2.55. The second-order valence-electron chi connectivity index (χ2n) is 5.19. The van der Waals surface area contributed by atoms with Gasteiger partial charge in [0.15, 0.2) is 0 Å². The summed E-state index contributed by atoms with van der Waals surface area (Å²) in [5.74, 6) is -1.89. The Morgan fingerprint density at radius 2 is 1.95 bits per heavy atom. The van der Waals surface area contributed by atoms with Crippen LogP contribution in [0.15, 0.2) is 21.5 Å². The predicted octanol–water partition coefficient (Wildman–Crippen LogP) is 3.29. The Morgan fingerprint density at radius 1 is 1.32 bits per heavy atom. The van der Waals surface area contributed by atoms with E-state index in [1.807, 2.05) is 0 Å². The first-order valence-electron chi connectivity index (χ1n) is 5.84. The average molecular weight is 354 g/mol. The first-order valence-corrected chi connectivity index (χ1v) is 8.07. The van der Waals surface area contributed by atoms with Crippen molar-refractivity contribution in [2.45, 2.75) is 37.1 Å². The van der Waals surface area contributed by atoms with Gasteiger partial charge in [-0.2, -0.15) is 4.31 Å². The van der Waals surface area contributed by atoms with Crippen LogP contribution in [-0.2, 0) is 10.0 Å². The Bertz CT molecular complexity index is 593. The average Bonchev–Trinajstić information content (AvgIpc) is 2.56. The zero-order valence-electron chi connectivity index (χ0n) is 10.6. The molecule has 1 aliphatic heterocycles. The Hall–Kier alpha value is -0.530. The third-order valence-corrected chi connectivity index (χ3v) is 6.41. The monoisotopic (exact) mass is 353 g/mol. The van der Waals surface area contributed by atoms with E-state index in [0.29, 0.717) is 19.0 Å². The molecular weight excluding hydrogens is 340 g/mol. The van der Waals surface area contributed by atoms with Crippen LogP contribution in [0.3, 0.4) is 0 Å². The van der Waals surface area contributed by atoms with Crippen LogP contribution >= 0.6 is 15.9 Å². The minimum atomic E-state index is -3.98. The lowest BCUT2D eigenvalue weighted by atomic mass is 10.0. The number of rotatable bonds is 2. The van der Waals surface area contributed by atoms with E-state index in [4.69, 9.17) is 0 Å². The number of hydrogen-bond acceptors (Lipinski definition) is 2. The SMILES string of the molecule is CC1(C)CCCN1S(=O)(=O)c1c(F)cc(F)cc1Br. The summed E-state index contributed by atoms with van der Waals surface area (Å²) in [7, 11) is -3.98. The van der Waals surface area contributed by atoms with Gasteiger partial charge in [0.05, 0.1) is 0 Å². The summed E-state index contributed by atoms with van der Waals surface area (Å²) in [4.78, 5) is -0.496. The molecule has 0 unspecified atom stereocenters. The molecule has 1 aromatic carbocycles. The second-order valence-corrected chi connectivity index (χ2v) is 7.85. The molecule has 0 aromatic heterocycles. The molecule has 0 N–H and O–H groups in total. The highest BCUT2D eigenvalue weighted by Gasteiger charge is 2.42. The fraction of sp³-hybridized carbons (Fsp3) is 0.500. The minimum Gasteiger partial charge on any atom is -0.207 e. The van der Waals surface area contributed by atoms with E-state index in [0.717, 1.165) is 12.5 Å². The molecule has 1 heterocycles. The summed E-state index contributed by atoms with van der Waals surface area (Å²) in [6.07, 6.45) is 1.44. The van der Waals surface area contributed by atoms with Crippen molar-refractivity contribution in [2.75, 3.05) is 6.54 Å². The molecule has 2 rings (SSSR count). The van der Waals surface area contributed by atoms with Crippen molar-refractivity contribution in [3.8, 4) is 0 Å². The fourth-order valence-electron chi connectivity index (χ4n) is 2.41. The summed E-state index contributed by atoms with van der Waals surface area (Å²) in [6.45, 7) is 3.94. The quantitative estimate of drug-likeness (QED) is 0.817. The van der Waals surface area contributed by atoms with Crippen LogP contribution in [0.4, 0.5) is 8.78 Å². The zero-order valence-corrected chi connectivity index (χ0v) is 13.0. The highest BCUT2D eigenvalue weighted by Crippen LogP contribution is 2.37. The van der Waals surface area contributed by atoms with E-state index in [-0.39, 0.29) is 4.47 Å². The maximum atomic E-state index is 13.8. The van der Waals surface area contributed by atoms with Crippen molar-refractivity contribution in [1.29, 1.82) is 0 Å². The van der Waals surface area contributed by atoms with E-state index in [2.05, 4.69) is 15.9 Å². The number of halogens is 3. The van der Waals surface area contributed by atoms with Crippen LogP contribution in [0.5, 0.6) is 0 Å². The maximum absolute atomic E-state index is 13.8. The van der Waals surface area contributed by atoms with E-state index in [1.165, 1.54) is 4.31 Å². The molecule has 0 spiro atoms. The summed E-state index contributed by atoms with van der Waals surface area (Å²) < 4.78 is 53.1. The molecule has 19 heavy (non-hydrogen) atoms. The normalized spacial score (nSPS) is 19.8. The third-order valence-electron chi connectivity index (χ3n) is 3.34. The Morgan fingerprint density at radius 3 is 2.42 bits per heavy atom. The van der Waals surface area contributed by atoms with Gasteiger partial charge in [0.2, 0.25) is 10.0 Å². The van der Waals surface area contributed by atoms with E-state index in [1.54, 1.807) is 13.8 Å². The summed E-state index contributed by atoms with van der Waals surface area (Å²) in [5.41, 5.74) is -0.556. The fourth-order valence-corrected chi connectivity index (χ4v) is 5.38. The highest BCUT2D eigenvalue weighted by atomic mass is 79.9. The van der Waals surface area contributed by atoms with E-state index < -0.39 is 32.1 Å². The van der Waals surface area contributed by atoms with Gasteiger partial charge in [-0.1, -0.05) is 0 Å². The number of hydrogen-bond donors (Lipinski definition) is 0. The summed E-state index contributed by atoms with van der Waals surface area (Å²) >= 11 is 2.93. The Kier molecular flexibility index (Phi) is 3.75. The first kappa shape index (κ1) is 14.9. The van der Waals surface area contributed by atoms with Gasteiger partial charge in [0.1, 0.15) is 16.5 Å². The first-order chi connectivity index (χ1) is 8.66. The van der Waals surface area contributed by atoms with Crippen molar-refractivity contribution in [2.24, 2.45) is 0 Å². The molecule has 0 aliphatic carbocycles. The summed E-state index contributed by atoms with van der Waals surface area (Å²) in [6, 6.07) is 1.54. The molecule has 106 valence electrons. The van der Waals surface area contributed by atoms with Crippen molar-refractivity contribution >= 4 is 26.0 Å². The van der Waals surface area contributed by atoms with E-state index in [9.17, 15) is 17.2 Å². The second kappa shape index (κ2) is 4.79. The topological polar surface area (TPSA) is 37.4 Å². The molecule has 0 bridgehead atoms. The van der Waals surface area contributed by atoms with Crippen LogP contribution < -0.4 is 0 Å². The zero-order chi connectivity index (χ0) is 14.4. The lowest BCUT2D eigenvalue weighted by Gasteiger charge is -2.30. The van der Waals surface area contributed by atoms with Crippen LogP contribution in [0.25, 0.3) is 0 Å². The van der Waals surface area contributed by atoms with Gasteiger partial charge in [0, 0.05) is 22.6 Å². The highest BCUT2D eigenvalue weighted by molar-refractivity contribution is 9.10. The van der Waals surface area contributed by atoms with Crippen molar-refractivity contribution in [3.63, 3.8) is 0 Å². The molecule has 1 saturated heterocycles. The lowest BCUT2D eigenvalue weighted by Crippen LogP contribution is -2.42. The van der Waals surface area contributed by atoms with Gasteiger partial charge >= 0.3 is 0 Å². The van der Waals surface area contributed by atoms with Crippen LogP contribution in [0.1, 0.15) is 26.7 Å². The Labute approximate surface area is 119 Å². The molecule has 1 fully saturated rings. The minimum absolute atomic E-state index is 0.0901. The number of benzene rings is 1. The predicted molar refractivity (Wildman–Crippen MR) is 71.3 cm³/mol. The van der Waals surface area contributed by atoms with E-state index >= 15 is 0 Å². The van der Waals surface area contributed by atoms with Gasteiger partial charge in [-0.05, 0) is 48.7 Å². The lowest BCUT2D eigenvalue weighted by molar-refractivity contribution is 0.290. The van der Waals surface area contributed by atoms with Crippen LogP contribution in [0, 0.1) is 11.6 Å². The molecule has 3 nitrogen and oxygen atoms in total. The molecule has 0 atom stereocenters. The van der Waals surface area contributed by atoms with Crippen LogP contribution in [-0.4, -0.2) is 24.8 Å². The number of sulfonamides is 1. The number of nitrogens with zero attached hydrogens (tertiary/aromatic N) is 1.